The monoisotopic (exact) mass is 576 g/mol. The number of alkyl carbamates (subject to hydrolysis) is 1. The number of benzene rings is 2. The summed E-state index contributed by atoms with van der Waals surface area (Å²) in [7, 11) is 0. The fraction of sp³-hybridized carbons (Fsp3) is 0.355. The van der Waals surface area contributed by atoms with Crippen molar-refractivity contribution in [2.75, 3.05) is 5.32 Å². The highest BCUT2D eigenvalue weighted by molar-refractivity contribution is 5.95. The van der Waals surface area contributed by atoms with Gasteiger partial charge in [-0.25, -0.2) is 14.6 Å². The first-order valence-corrected chi connectivity index (χ1v) is 13.6. The Morgan fingerprint density at radius 2 is 1.81 bits per heavy atom. The van der Waals surface area contributed by atoms with Crippen molar-refractivity contribution in [2.45, 2.75) is 70.9 Å². The lowest BCUT2D eigenvalue weighted by Gasteiger charge is -2.38. The molecule has 0 saturated carbocycles. The number of aryl methyl sites for hydroxylation is 1. The molecular weight excluding hydrogens is 540 g/mol. The van der Waals surface area contributed by atoms with E-state index in [0.29, 0.717) is 23.4 Å². The van der Waals surface area contributed by atoms with Gasteiger partial charge in [0.25, 0.3) is 0 Å². The first-order valence-electron chi connectivity index (χ1n) is 13.6. The Kier molecular flexibility index (Phi) is 9.31. The van der Waals surface area contributed by atoms with Crippen LogP contribution in [-0.2, 0) is 38.5 Å². The van der Waals surface area contributed by atoms with Gasteiger partial charge in [0.15, 0.2) is 5.72 Å². The number of ether oxygens (including phenoxy) is 4. The van der Waals surface area contributed by atoms with Crippen LogP contribution in [0.4, 0.5) is 15.3 Å². The smallest absolute Gasteiger partial charge is 0.444 e. The van der Waals surface area contributed by atoms with Crippen LogP contribution >= 0.6 is 0 Å². The number of hydrogen-bond donors (Lipinski definition) is 3. The molecule has 2 atom stereocenters. The molecule has 0 saturated heterocycles. The topological polar surface area (TPSA) is 151 Å². The van der Waals surface area contributed by atoms with Crippen LogP contribution in [0, 0.1) is 0 Å². The predicted octanol–water partition coefficient (Wildman–Crippen LogP) is 5.22. The van der Waals surface area contributed by atoms with Gasteiger partial charge in [-0.2, -0.15) is 0 Å². The van der Waals surface area contributed by atoms with Gasteiger partial charge in [0, 0.05) is 24.6 Å². The summed E-state index contributed by atoms with van der Waals surface area (Å²) in [5.74, 6) is 0.170. The van der Waals surface area contributed by atoms with E-state index in [-0.39, 0.29) is 25.3 Å². The maximum absolute atomic E-state index is 12.9. The minimum Gasteiger partial charge on any atom is -0.444 e. The Morgan fingerprint density at radius 1 is 1.05 bits per heavy atom. The molecule has 4 N–H and O–H groups in total. The summed E-state index contributed by atoms with van der Waals surface area (Å²) in [6.45, 7) is 6.80. The molecule has 1 aliphatic rings. The number of hydrogen-bond acceptors (Lipinski definition) is 9. The Bertz CT molecular complexity index is 1420. The van der Waals surface area contributed by atoms with Crippen molar-refractivity contribution >= 4 is 23.8 Å². The molecule has 4 rings (SSSR count). The molecule has 1 aromatic heterocycles. The lowest BCUT2D eigenvalue weighted by molar-refractivity contribution is -0.117. The Morgan fingerprint density at radius 3 is 2.52 bits per heavy atom. The summed E-state index contributed by atoms with van der Waals surface area (Å²) in [6, 6.07) is 17.3. The van der Waals surface area contributed by atoms with Crippen molar-refractivity contribution in [2.24, 2.45) is 5.73 Å². The molecule has 1 heterocycles. The number of carbonyl (C=O) groups excluding carboxylic acids is 3. The van der Waals surface area contributed by atoms with Crippen LogP contribution in [0.15, 0.2) is 66.9 Å². The van der Waals surface area contributed by atoms with Crippen LogP contribution in [0.5, 0.6) is 11.6 Å². The second-order valence-corrected chi connectivity index (χ2v) is 11.1. The molecule has 0 bridgehead atoms. The molecule has 0 fully saturated rings. The maximum Gasteiger partial charge on any atom is 0.510 e. The first-order chi connectivity index (χ1) is 19.9. The average molecular weight is 577 g/mol. The molecule has 0 aliphatic heterocycles. The van der Waals surface area contributed by atoms with Gasteiger partial charge >= 0.3 is 12.2 Å². The summed E-state index contributed by atoms with van der Waals surface area (Å²) in [5.41, 5.74) is 6.20. The van der Waals surface area contributed by atoms with E-state index in [0.717, 1.165) is 11.1 Å². The third-order valence-corrected chi connectivity index (χ3v) is 6.35. The summed E-state index contributed by atoms with van der Waals surface area (Å²) in [4.78, 5) is 42.4. The fourth-order valence-electron chi connectivity index (χ4n) is 4.38. The third kappa shape index (κ3) is 8.20. The molecule has 0 unspecified atom stereocenters. The van der Waals surface area contributed by atoms with Gasteiger partial charge in [0.2, 0.25) is 11.8 Å². The summed E-state index contributed by atoms with van der Waals surface area (Å²) < 4.78 is 22.9. The first kappa shape index (κ1) is 30.3. The van der Waals surface area contributed by atoms with Gasteiger partial charge in [-0.1, -0.05) is 42.5 Å². The van der Waals surface area contributed by atoms with Crippen molar-refractivity contribution in [3.63, 3.8) is 0 Å². The summed E-state index contributed by atoms with van der Waals surface area (Å²) in [5, 5.41) is 5.49. The normalized spacial score (nSPS) is 16.8. The number of amides is 2. The lowest BCUT2D eigenvalue weighted by Crippen LogP contribution is -2.56. The molecule has 222 valence electrons. The zero-order chi connectivity index (χ0) is 30.3. The second-order valence-electron chi connectivity index (χ2n) is 11.1. The lowest BCUT2D eigenvalue weighted by atomic mass is 9.85. The number of aromatic nitrogens is 1. The van der Waals surface area contributed by atoms with E-state index in [4.69, 9.17) is 24.7 Å². The van der Waals surface area contributed by atoms with E-state index in [1.54, 1.807) is 45.9 Å². The van der Waals surface area contributed by atoms with Gasteiger partial charge in [0.05, 0.1) is 6.04 Å². The van der Waals surface area contributed by atoms with Crippen LogP contribution in [0.1, 0.15) is 50.8 Å². The minimum atomic E-state index is -1.49. The molecule has 0 radical (unpaired) electrons. The molecule has 3 aromatic rings. The number of nitrogens with two attached hydrogens (primary N) is 1. The zero-order valence-corrected chi connectivity index (χ0v) is 24.1. The van der Waals surface area contributed by atoms with E-state index in [1.807, 2.05) is 42.5 Å². The van der Waals surface area contributed by atoms with Gasteiger partial charge < -0.3 is 30.0 Å². The number of carbonyl (C=O) groups is 3. The van der Waals surface area contributed by atoms with Gasteiger partial charge in [0.1, 0.15) is 23.6 Å². The Balaban J connectivity index is 1.61. The average Bonchev–Trinajstić information content (AvgIpc) is 2.92. The van der Waals surface area contributed by atoms with Crippen molar-refractivity contribution in [3.05, 3.63) is 83.6 Å². The van der Waals surface area contributed by atoms with E-state index in [9.17, 15) is 14.4 Å². The molecule has 0 spiro atoms. The number of nitrogens with one attached hydrogen (secondary N) is 2. The second kappa shape index (κ2) is 12.9. The summed E-state index contributed by atoms with van der Waals surface area (Å²) >= 11 is 0. The number of nitrogens with zero attached hydrogens (tertiary/aromatic N) is 1. The predicted molar refractivity (Wildman–Crippen MR) is 155 cm³/mol. The molecular formula is C31H36N4O7. The SMILES string of the molecule is C[C@H](N)C(=O)Nc1cccnc1Oc1cccc2c1C[C@](NC(=O)OC(C)(C)C)(OC(=O)OCc1ccccc1)CC2. The Labute approximate surface area is 244 Å². The van der Waals surface area contributed by atoms with E-state index in [2.05, 4.69) is 15.6 Å². The summed E-state index contributed by atoms with van der Waals surface area (Å²) in [6.07, 6.45) is 0.625. The van der Waals surface area contributed by atoms with Crippen LogP contribution in [0.25, 0.3) is 0 Å². The van der Waals surface area contributed by atoms with E-state index < -0.39 is 35.5 Å². The van der Waals surface area contributed by atoms with Crippen molar-refractivity contribution in [3.8, 4) is 11.6 Å². The van der Waals surface area contributed by atoms with Crippen LogP contribution in [-0.4, -0.2) is 40.5 Å². The van der Waals surface area contributed by atoms with Gasteiger partial charge in [-0.15, -0.1) is 0 Å². The van der Waals surface area contributed by atoms with Gasteiger partial charge in [-0.3, -0.25) is 10.1 Å². The molecule has 11 nitrogen and oxygen atoms in total. The van der Waals surface area contributed by atoms with Crippen LogP contribution in [0.3, 0.4) is 0 Å². The highest BCUT2D eigenvalue weighted by Crippen LogP contribution is 2.38. The number of rotatable bonds is 8. The van der Waals surface area contributed by atoms with Crippen molar-refractivity contribution in [1.29, 1.82) is 0 Å². The zero-order valence-electron chi connectivity index (χ0n) is 24.1. The number of anilines is 1. The van der Waals surface area contributed by atoms with Crippen molar-refractivity contribution < 1.29 is 33.3 Å². The van der Waals surface area contributed by atoms with E-state index >= 15 is 0 Å². The molecule has 1 aliphatic carbocycles. The molecule has 11 heteroatoms. The maximum atomic E-state index is 12.9. The highest BCUT2D eigenvalue weighted by atomic mass is 16.7. The Hall–Kier alpha value is -4.64. The molecule has 2 aromatic carbocycles. The fourth-order valence-corrected chi connectivity index (χ4v) is 4.38. The van der Waals surface area contributed by atoms with Gasteiger partial charge in [-0.05, 0) is 63.4 Å². The highest BCUT2D eigenvalue weighted by Gasteiger charge is 2.42. The number of fused-ring (bicyclic) bond motifs is 1. The van der Waals surface area contributed by atoms with Crippen LogP contribution < -0.4 is 21.1 Å². The minimum absolute atomic E-state index is 0.00271. The number of pyridine rings is 1. The quantitative estimate of drug-likeness (QED) is 0.242. The molecule has 2 amide bonds. The standard InChI is InChI=1S/C31H36N4O7/c1-20(32)26(36)34-24-13-9-17-33-27(24)40-25-14-8-12-22-15-16-31(18-23(22)25,35-28(37)41-30(2,3)4)42-29(38)39-19-21-10-6-5-7-11-21/h5-14,17,20H,15-16,18-19,32H2,1-4H3,(H,34,36)(H,35,37)/t20-,31+/m0/s1. The van der Waals surface area contributed by atoms with Crippen molar-refractivity contribution in [1.82, 2.24) is 10.3 Å². The molecule has 42 heavy (non-hydrogen) atoms. The van der Waals surface area contributed by atoms with Crippen LogP contribution in [0.2, 0.25) is 0 Å². The third-order valence-electron chi connectivity index (χ3n) is 6.35. The van der Waals surface area contributed by atoms with E-state index in [1.165, 1.54) is 6.20 Å². The largest absolute Gasteiger partial charge is 0.510 e.